The fourth-order valence-corrected chi connectivity index (χ4v) is 3.61. The van der Waals surface area contributed by atoms with Crippen LogP contribution in [0.4, 0.5) is 0 Å². The van der Waals surface area contributed by atoms with Crippen molar-refractivity contribution in [1.82, 2.24) is 5.32 Å². The molecule has 5 nitrogen and oxygen atoms in total. The first-order valence-corrected chi connectivity index (χ1v) is 9.43. The summed E-state index contributed by atoms with van der Waals surface area (Å²) >= 11 is 0. The Labute approximate surface area is 139 Å². The topological polar surface area (TPSA) is 72.5 Å². The van der Waals surface area contributed by atoms with Crippen LogP contribution in [0.25, 0.3) is 0 Å². The van der Waals surface area contributed by atoms with Gasteiger partial charge in [-0.15, -0.1) is 0 Å². The number of benzene rings is 1. The predicted octanol–water partition coefficient (Wildman–Crippen LogP) is 2.28. The largest absolute Gasteiger partial charge is 0.452 e. The van der Waals surface area contributed by atoms with Crippen LogP contribution >= 0.6 is 0 Å². The molecule has 0 aliphatic heterocycles. The van der Waals surface area contributed by atoms with Gasteiger partial charge in [-0.1, -0.05) is 31.9 Å². The van der Waals surface area contributed by atoms with E-state index in [0.717, 1.165) is 19.3 Å². The monoisotopic (exact) mass is 337 g/mol. The van der Waals surface area contributed by atoms with Crippen LogP contribution in [0.5, 0.6) is 0 Å². The van der Waals surface area contributed by atoms with E-state index in [-0.39, 0.29) is 24.1 Å². The Balaban J connectivity index is 1.89. The Morgan fingerprint density at radius 1 is 1.26 bits per heavy atom. The molecule has 0 aromatic heterocycles. The first-order valence-electron chi connectivity index (χ1n) is 7.88. The molecule has 0 spiro atoms. The maximum absolute atomic E-state index is 12.1. The highest BCUT2D eigenvalue weighted by molar-refractivity contribution is 7.84. The van der Waals surface area contributed by atoms with Gasteiger partial charge in [-0.05, 0) is 30.9 Å². The SMILES string of the molecule is C[C@H]1CCCC[C@@H]1NC(=O)COC(=O)c1ccccc1[S@@](C)=O. The molecule has 2 rings (SSSR count). The van der Waals surface area contributed by atoms with Crippen molar-refractivity contribution in [3.8, 4) is 0 Å². The number of hydrogen-bond acceptors (Lipinski definition) is 4. The standard InChI is InChI=1S/C17H23NO4S/c1-12-7-3-5-9-14(12)18-16(19)11-22-17(20)13-8-4-6-10-15(13)23(2)21/h4,6,8,10,12,14H,3,5,7,9,11H2,1-2H3,(H,18,19)/t12-,14-,23+/m0/s1. The Morgan fingerprint density at radius 3 is 2.65 bits per heavy atom. The molecule has 1 saturated carbocycles. The van der Waals surface area contributed by atoms with Gasteiger partial charge >= 0.3 is 5.97 Å². The lowest BCUT2D eigenvalue weighted by Gasteiger charge is -2.29. The molecular formula is C17H23NO4S. The molecule has 1 amide bonds. The normalized spacial score (nSPS) is 22.2. The van der Waals surface area contributed by atoms with Crippen molar-refractivity contribution in [2.45, 2.75) is 43.5 Å². The van der Waals surface area contributed by atoms with E-state index < -0.39 is 16.8 Å². The summed E-state index contributed by atoms with van der Waals surface area (Å²) in [5.74, 6) is -0.457. The fourth-order valence-electron chi connectivity index (χ4n) is 2.87. The molecule has 23 heavy (non-hydrogen) atoms. The van der Waals surface area contributed by atoms with Crippen LogP contribution in [0.15, 0.2) is 29.2 Å². The number of hydrogen-bond donors (Lipinski definition) is 1. The molecule has 6 heteroatoms. The van der Waals surface area contributed by atoms with E-state index in [1.54, 1.807) is 24.3 Å². The third kappa shape index (κ3) is 4.89. The summed E-state index contributed by atoms with van der Waals surface area (Å²) in [5.41, 5.74) is 0.243. The van der Waals surface area contributed by atoms with Crippen LogP contribution in [0.1, 0.15) is 43.0 Å². The molecule has 1 fully saturated rings. The van der Waals surface area contributed by atoms with Gasteiger partial charge in [0.05, 0.1) is 21.3 Å². The van der Waals surface area contributed by atoms with Crippen molar-refractivity contribution in [3.05, 3.63) is 29.8 Å². The van der Waals surface area contributed by atoms with Gasteiger partial charge in [-0.25, -0.2) is 4.79 Å². The molecule has 3 atom stereocenters. The van der Waals surface area contributed by atoms with Crippen LogP contribution in [0.3, 0.4) is 0 Å². The van der Waals surface area contributed by atoms with Gasteiger partial charge in [0.15, 0.2) is 6.61 Å². The van der Waals surface area contributed by atoms with Gasteiger partial charge in [0, 0.05) is 12.3 Å². The molecular weight excluding hydrogens is 314 g/mol. The van der Waals surface area contributed by atoms with E-state index in [4.69, 9.17) is 4.74 Å². The zero-order valence-electron chi connectivity index (χ0n) is 13.5. The lowest BCUT2D eigenvalue weighted by molar-refractivity contribution is -0.125. The van der Waals surface area contributed by atoms with Gasteiger partial charge in [0.1, 0.15) is 0 Å². The molecule has 0 saturated heterocycles. The number of amides is 1. The molecule has 0 heterocycles. The Bertz CT molecular complexity index is 602. The highest BCUT2D eigenvalue weighted by atomic mass is 32.2. The first kappa shape index (κ1) is 17.7. The number of rotatable bonds is 5. The van der Waals surface area contributed by atoms with E-state index in [1.807, 2.05) is 0 Å². The number of esters is 1. The zero-order chi connectivity index (χ0) is 16.8. The molecule has 1 aliphatic rings. The first-order chi connectivity index (χ1) is 11.0. The van der Waals surface area contributed by atoms with Crippen molar-refractivity contribution in [1.29, 1.82) is 0 Å². The maximum Gasteiger partial charge on any atom is 0.339 e. The summed E-state index contributed by atoms with van der Waals surface area (Å²) < 4.78 is 16.7. The van der Waals surface area contributed by atoms with Gasteiger partial charge in [-0.2, -0.15) is 0 Å². The average molecular weight is 337 g/mol. The smallest absolute Gasteiger partial charge is 0.339 e. The lowest BCUT2D eigenvalue weighted by Crippen LogP contribution is -2.42. The fraction of sp³-hybridized carbons (Fsp3) is 0.529. The third-order valence-corrected chi connectivity index (χ3v) is 5.18. The molecule has 1 aromatic rings. The van der Waals surface area contributed by atoms with Gasteiger partial charge in [0.2, 0.25) is 0 Å². The number of ether oxygens (including phenoxy) is 1. The molecule has 0 radical (unpaired) electrons. The number of carbonyl (C=O) groups is 2. The van der Waals surface area contributed by atoms with Gasteiger partial charge in [0.25, 0.3) is 5.91 Å². The van der Waals surface area contributed by atoms with Crippen molar-refractivity contribution < 1.29 is 18.5 Å². The second-order valence-corrected chi connectivity index (χ2v) is 7.31. The van der Waals surface area contributed by atoms with E-state index in [0.29, 0.717) is 10.8 Å². The molecule has 1 N–H and O–H groups in total. The van der Waals surface area contributed by atoms with E-state index in [9.17, 15) is 13.8 Å². The Morgan fingerprint density at radius 2 is 1.96 bits per heavy atom. The second-order valence-electron chi connectivity index (χ2n) is 5.96. The zero-order valence-corrected chi connectivity index (χ0v) is 14.4. The minimum atomic E-state index is -1.29. The van der Waals surface area contributed by atoms with Gasteiger partial charge in [-0.3, -0.25) is 9.00 Å². The average Bonchev–Trinajstić information content (AvgIpc) is 2.54. The summed E-state index contributed by atoms with van der Waals surface area (Å²) in [6, 6.07) is 6.73. The van der Waals surface area contributed by atoms with E-state index in [1.165, 1.54) is 12.7 Å². The summed E-state index contributed by atoms with van der Waals surface area (Å²) in [6.07, 6.45) is 5.90. The quantitative estimate of drug-likeness (QED) is 0.837. The van der Waals surface area contributed by atoms with Crippen molar-refractivity contribution in [2.24, 2.45) is 5.92 Å². The predicted molar refractivity (Wildman–Crippen MR) is 88.6 cm³/mol. The van der Waals surface area contributed by atoms with Crippen LogP contribution in [-0.4, -0.2) is 35.0 Å². The summed E-state index contributed by atoms with van der Waals surface area (Å²) in [4.78, 5) is 24.5. The molecule has 1 aromatic carbocycles. The van der Waals surface area contributed by atoms with Crippen LogP contribution in [0, 0.1) is 5.92 Å². The minimum Gasteiger partial charge on any atom is -0.452 e. The van der Waals surface area contributed by atoms with Crippen molar-refractivity contribution in [2.75, 3.05) is 12.9 Å². The minimum absolute atomic E-state index is 0.158. The Hall–Kier alpha value is -1.69. The lowest BCUT2D eigenvalue weighted by atomic mass is 9.86. The molecule has 126 valence electrons. The molecule has 0 bridgehead atoms. The van der Waals surface area contributed by atoms with Crippen LogP contribution < -0.4 is 5.32 Å². The van der Waals surface area contributed by atoms with Crippen LogP contribution in [-0.2, 0) is 20.3 Å². The van der Waals surface area contributed by atoms with Gasteiger partial charge < -0.3 is 10.1 Å². The summed E-state index contributed by atoms with van der Waals surface area (Å²) in [7, 11) is -1.29. The van der Waals surface area contributed by atoms with E-state index >= 15 is 0 Å². The molecule has 1 aliphatic carbocycles. The third-order valence-electron chi connectivity index (χ3n) is 4.21. The highest BCUT2D eigenvalue weighted by Crippen LogP contribution is 2.23. The number of nitrogens with one attached hydrogen (secondary N) is 1. The van der Waals surface area contributed by atoms with Crippen molar-refractivity contribution >= 4 is 22.7 Å². The highest BCUT2D eigenvalue weighted by Gasteiger charge is 2.23. The number of carbonyl (C=O) groups excluding carboxylic acids is 2. The van der Waals surface area contributed by atoms with E-state index in [2.05, 4.69) is 12.2 Å². The molecule has 0 unspecified atom stereocenters. The summed E-state index contributed by atoms with van der Waals surface area (Å²) in [5, 5.41) is 2.94. The maximum atomic E-state index is 12.1. The Kier molecular flexibility index (Phi) is 6.33. The van der Waals surface area contributed by atoms with Crippen LogP contribution in [0.2, 0.25) is 0 Å². The summed E-state index contributed by atoms with van der Waals surface area (Å²) in [6.45, 7) is 1.82. The van der Waals surface area contributed by atoms with Crippen molar-refractivity contribution in [3.63, 3.8) is 0 Å². The second kappa shape index (κ2) is 8.24.